The highest BCUT2D eigenvalue weighted by atomic mass is 32.2. The number of nitrogens with zero attached hydrogens (tertiary/aromatic N) is 3. The van der Waals surface area contributed by atoms with Gasteiger partial charge in [0.1, 0.15) is 35.3 Å². The summed E-state index contributed by atoms with van der Waals surface area (Å²) in [5.74, 6) is -1.88. The third-order valence-electron chi connectivity index (χ3n) is 12.2. The molecular formula is C45H54N6O10S. The third kappa shape index (κ3) is 10.0. The number of sulfonamides is 1. The first-order valence-corrected chi connectivity index (χ1v) is 22.6. The van der Waals surface area contributed by atoms with Crippen molar-refractivity contribution in [2.45, 2.75) is 99.3 Å². The van der Waals surface area contributed by atoms with Gasteiger partial charge in [-0.1, -0.05) is 43.0 Å². The molecule has 7 rings (SSSR count). The van der Waals surface area contributed by atoms with Crippen molar-refractivity contribution in [2.75, 3.05) is 27.2 Å². The van der Waals surface area contributed by atoms with Crippen molar-refractivity contribution in [2.24, 2.45) is 5.92 Å². The molecule has 3 aliphatic carbocycles. The molecule has 2 aromatic carbocycles. The zero-order chi connectivity index (χ0) is 44.2. The molecule has 1 unspecified atom stereocenters. The van der Waals surface area contributed by atoms with Gasteiger partial charge in [-0.3, -0.25) is 23.9 Å². The Morgan fingerprint density at radius 2 is 1.76 bits per heavy atom. The topological polar surface area (TPSA) is 203 Å². The lowest BCUT2D eigenvalue weighted by molar-refractivity contribution is -0.140. The number of ether oxygens (including phenoxy) is 3. The van der Waals surface area contributed by atoms with Gasteiger partial charge >= 0.3 is 6.09 Å². The SMILES string of the molecule is C=CC(=O)N(C)CC[C@@H](CC(=O)N1CC(Oc2cc(-c3ccccc3)nc3cc(OC)ccc23)C[C@H]1C(=O)N[C@]1(C(=O)NS(=O)(=O)C2CC2)C[C@H]1C=C)NC(=O)OC1CCCC1. The summed E-state index contributed by atoms with van der Waals surface area (Å²) < 4.78 is 45.7. The van der Waals surface area contributed by atoms with Crippen LogP contribution in [-0.2, 0) is 33.9 Å². The quantitative estimate of drug-likeness (QED) is 0.121. The average Bonchev–Trinajstić information content (AvgIpc) is 4.15. The fourth-order valence-electron chi connectivity index (χ4n) is 8.29. The molecular weight excluding hydrogens is 817 g/mol. The van der Waals surface area contributed by atoms with Crippen LogP contribution in [0, 0.1) is 5.92 Å². The molecule has 1 aliphatic heterocycles. The maximum Gasteiger partial charge on any atom is 0.407 e. The first-order chi connectivity index (χ1) is 29.7. The molecule has 62 heavy (non-hydrogen) atoms. The predicted octanol–water partition coefficient (Wildman–Crippen LogP) is 4.39. The Kier molecular flexibility index (Phi) is 13.2. The van der Waals surface area contributed by atoms with Crippen LogP contribution in [0.4, 0.5) is 4.79 Å². The number of pyridine rings is 1. The van der Waals surface area contributed by atoms with Crippen molar-refractivity contribution in [1.29, 1.82) is 0 Å². The minimum Gasteiger partial charge on any atom is -0.497 e. The van der Waals surface area contributed by atoms with E-state index in [1.54, 1.807) is 32.4 Å². The molecule has 4 aliphatic rings. The number of fused-ring (bicyclic) bond motifs is 1. The largest absolute Gasteiger partial charge is 0.497 e. The average molecular weight is 871 g/mol. The van der Waals surface area contributed by atoms with Crippen LogP contribution in [0.25, 0.3) is 22.2 Å². The summed E-state index contributed by atoms with van der Waals surface area (Å²) in [6.45, 7) is 7.46. The molecule has 16 nitrogen and oxygen atoms in total. The van der Waals surface area contributed by atoms with E-state index in [4.69, 9.17) is 19.2 Å². The van der Waals surface area contributed by atoms with E-state index in [9.17, 15) is 32.4 Å². The number of methoxy groups -OCH3 is 1. The van der Waals surface area contributed by atoms with Crippen LogP contribution < -0.4 is 24.8 Å². The summed E-state index contributed by atoms with van der Waals surface area (Å²) in [7, 11) is -0.792. The van der Waals surface area contributed by atoms with Gasteiger partial charge in [0.25, 0.3) is 5.91 Å². The van der Waals surface area contributed by atoms with E-state index in [0.29, 0.717) is 40.9 Å². The van der Waals surface area contributed by atoms with Crippen LogP contribution in [-0.4, -0.2) is 115 Å². The Hall–Kier alpha value is -5.97. The first-order valence-electron chi connectivity index (χ1n) is 21.1. The van der Waals surface area contributed by atoms with E-state index in [2.05, 4.69) is 28.5 Å². The van der Waals surface area contributed by atoms with Crippen molar-refractivity contribution in [3.8, 4) is 22.8 Å². The highest BCUT2D eigenvalue weighted by Gasteiger charge is 2.62. The molecule has 0 spiro atoms. The maximum atomic E-state index is 14.6. The number of hydrogen-bond acceptors (Lipinski definition) is 11. The number of nitrogens with one attached hydrogen (secondary N) is 3. The van der Waals surface area contributed by atoms with Gasteiger partial charge < -0.3 is 34.6 Å². The predicted molar refractivity (Wildman–Crippen MR) is 230 cm³/mol. The molecule has 0 radical (unpaired) electrons. The molecule has 1 saturated heterocycles. The van der Waals surface area contributed by atoms with Crippen LogP contribution in [0.5, 0.6) is 11.5 Å². The molecule has 17 heteroatoms. The third-order valence-corrected chi connectivity index (χ3v) is 14.0. The van der Waals surface area contributed by atoms with Gasteiger partial charge in [0, 0.05) is 61.5 Å². The molecule has 3 saturated carbocycles. The second-order valence-corrected chi connectivity index (χ2v) is 18.5. The Balaban J connectivity index is 1.17. The number of carbonyl (C=O) groups is 5. The second kappa shape index (κ2) is 18.6. The molecule has 330 valence electrons. The standard InChI is InChI=1S/C45H54N6O10S/c1-5-29-26-45(29,43(55)49-62(57,58)34-17-18-34)48-42(54)38-24-33(60-39-25-36(28-12-8-7-9-13-28)47-37-23-32(59-4)16-19-35(37)39)27-51(38)41(53)22-30(20-21-50(3)40(52)6-2)46-44(56)61-31-14-10-11-15-31/h5-9,12-13,16,19,23,25,29-31,33-34,38H,1-2,10-11,14-15,17-18,20-22,24,26-27H2,3-4H3,(H,46,56)(H,48,54)(H,49,55)/t29-,30+,33?,38+,45-/m1/s1. The van der Waals surface area contributed by atoms with Gasteiger partial charge in [-0.05, 0) is 69.6 Å². The summed E-state index contributed by atoms with van der Waals surface area (Å²) in [4.78, 5) is 75.9. The van der Waals surface area contributed by atoms with Gasteiger partial charge in [0.05, 0.1) is 30.1 Å². The molecule has 1 aromatic heterocycles. The van der Waals surface area contributed by atoms with Gasteiger partial charge in [0.15, 0.2) is 0 Å². The van der Waals surface area contributed by atoms with E-state index in [1.807, 2.05) is 36.4 Å². The number of hydrogen-bond donors (Lipinski definition) is 3. The van der Waals surface area contributed by atoms with Crippen molar-refractivity contribution in [1.82, 2.24) is 30.1 Å². The van der Waals surface area contributed by atoms with Gasteiger partial charge in [-0.2, -0.15) is 0 Å². The molecule has 3 aromatic rings. The molecule has 5 amide bonds. The Labute approximate surface area is 361 Å². The minimum absolute atomic E-state index is 0.00737. The highest BCUT2D eigenvalue weighted by molar-refractivity contribution is 7.91. The zero-order valence-corrected chi connectivity index (χ0v) is 35.9. The fourth-order valence-corrected chi connectivity index (χ4v) is 9.65. The van der Waals surface area contributed by atoms with Crippen molar-refractivity contribution >= 4 is 50.6 Å². The van der Waals surface area contributed by atoms with Crippen LogP contribution in [0.15, 0.2) is 79.9 Å². The number of amides is 5. The lowest BCUT2D eigenvalue weighted by atomic mass is 10.1. The second-order valence-electron chi connectivity index (χ2n) is 16.6. The van der Waals surface area contributed by atoms with Crippen LogP contribution in [0.2, 0.25) is 0 Å². The minimum atomic E-state index is -3.94. The number of carbonyl (C=O) groups excluding carboxylic acids is 5. The number of likely N-dealkylation sites (N-methyl/N-ethyl adjacent to an activating group) is 1. The lowest BCUT2D eigenvalue weighted by Gasteiger charge is -2.28. The number of rotatable bonds is 18. The maximum absolute atomic E-state index is 14.6. The number of likely N-dealkylation sites (tertiary alicyclic amines) is 1. The van der Waals surface area contributed by atoms with E-state index in [0.717, 1.165) is 31.2 Å². The van der Waals surface area contributed by atoms with Gasteiger partial charge in [0.2, 0.25) is 27.7 Å². The zero-order valence-electron chi connectivity index (χ0n) is 35.0. The first kappa shape index (κ1) is 44.1. The lowest BCUT2D eigenvalue weighted by Crippen LogP contribution is -2.57. The number of aromatic nitrogens is 1. The Morgan fingerprint density at radius 3 is 2.42 bits per heavy atom. The Bertz CT molecular complexity index is 2330. The van der Waals surface area contributed by atoms with Crippen LogP contribution >= 0.6 is 0 Å². The normalized spacial score (nSPS) is 22.5. The van der Waals surface area contributed by atoms with Crippen LogP contribution in [0.1, 0.15) is 64.2 Å². The number of alkyl carbamates (subject to hydrolysis) is 1. The summed E-state index contributed by atoms with van der Waals surface area (Å²) >= 11 is 0. The van der Waals surface area contributed by atoms with E-state index in [1.165, 1.54) is 22.0 Å². The summed E-state index contributed by atoms with van der Waals surface area (Å²) in [5, 5.41) is 5.64. The van der Waals surface area contributed by atoms with Gasteiger partial charge in [-0.25, -0.2) is 18.2 Å². The molecule has 2 heterocycles. The van der Waals surface area contributed by atoms with Crippen LogP contribution in [0.3, 0.4) is 0 Å². The summed E-state index contributed by atoms with van der Waals surface area (Å²) in [5.41, 5.74) is 0.465. The fraction of sp³-hybridized carbons (Fsp3) is 0.467. The molecule has 4 fully saturated rings. The molecule has 3 N–H and O–H groups in total. The monoisotopic (exact) mass is 870 g/mol. The van der Waals surface area contributed by atoms with Gasteiger partial charge in [-0.15, -0.1) is 6.58 Å². The molecule has 0 bridgehead atoms. The smallest absolute Gasteiger partial charge is 0.407 e. The van der Waals surface area contributed by atoms with E-state index in [-0.39, 0.29) is 50.8 Å². The Morgan fingerprint density at radius 1 is 1.02 bits per heavy atom. The highest BCUT2D eigenvalue weighted by Crippen LogP contribution is 2.46. The van der Waals surface area contributed by atoms with Crippen molar-refractivity contribution < 1.29 is 46.6 Å². The van der Waals surface area contributed by atoms with Crippen molar-refractivity contribution in [3.63, 3.8) is 0 Å². The van der Waals surface area contributed by atoms with E-state index < -0.39 is 68.7 Å². The molecule has 5 atom stereocenters. The number of benzene rings is 2. The van der Waals surface area contributed by atoms with Crippen molar-refractivity contribution in [3.05, 3.63) is 79.9 Å². The summed E-state index contributed by atoms with van der Waals surface area (Å²) in [6, 6.07) is 14.8. The summed E-state index contributed by atoms with van der Waals surface area (Å²) in [6.07, 6.45) is 5.31. The van der Waals surface area contributed by atoms with E-state index >= 15 is 0 Å².